The molecule has 0 saturated carbocycles. The van der Waals surface area contributed by atoms with Crippen LogP contribution in [0.1, 0.15) is 28.4 Å². The number of hydrogen-bond acceptors (Lipinski definition) is 4. The van der Waals surface area contributed by atoms with E-state index >= 15 is 0 Å². The number of aryl methyl sites for hydroxylation is 2. The summed E-state index contributed by atoms with van der Waals surface area (Å²) in [6.07, 6.45) is 4.48. The maximum absolute atomic E-state index is 12.1. The molecule has 1 aromatic heterocycles. The van der Waals surface area contributed by atoms with Gasteiger partial charge in [0.25, 0.3) is 5.91 Å². The van der Waals surface area contributed by atoms with Gasteiger partial charge in [-0.1, -0.05) is 49.0 Å². The quantitative estimate of drug-likeness (QED) is 0.497. The first kappa shape index (κ1) is 19.7. The molecule has 0 atom stereocenters. The molecule has 0 aliphatic carbocycles. The third-order valence-corrected chi connectivity index (χ3v) is 5.22. The Morgan fingerprint density at radius 2 is 1.82 bits per heavy atom. The Hall–Kier alpha value is -3.06. The molecule has 3 aromatic rings. The number of nitrogens with zero attached hydrogens (tertiary/aromatic N) is 2. The molecule has 2 N–H and O–H groups in total. The van der Waals surface area contributed by atoms with Gasteiger partial charge in [0.15, 0.2) is 5.16 Å². The molecule has 0 unspecified atom stereocenters. The maximum Gasteiger partial charge on any atom is 0.269 e. The normalized spacial score (nSPS) is 10.5. The molecule has 0 aliphatic heterocycles. The minimum absolute atomic E-state index is 0.137. The van der Waals surface area contributed by atoms with Crippen molar-refractivity contribution in [1.82, 2.24) is 20.4 Å². The van der Waals surface area contributed by atoms with Crippen LogP contribution in [0.4, 0.5) is 0 Å². The second-order valence-corrected chi connectivity index (χ2v) is 7.15. The maximum atomic E-state index is 12.1. The topological polar surface area (TPSA) is 76.0 Å². The molecule has 0 radical (unpaired) electrons. The Labute approximate surface area is 168 Å². The van der Waals surface area contributed by atoms with Gasteiger partial charge in [-0.25, -0.2) is 4.98 Å². The number of aromatic nitrogens is 2. The van der Waals surface area contributed by atoms with Gasteiger partial charge in [0.05, 0.1) is 11.4 Å². The average molecular weight is 395 g/mol. The van der Waals surface area contributed by atoms with E-state index in [9.17, 15) is 9.59 Å². The number of para-hydroxylation sites is 1. The molecule has 7 heteroatoms. The zero-order valence-electron chi connectivity index (χ0n) is 15.8. The first-order valence-electron chi connectivity index (χ1n) is 8.98. The summed E-state index contributed by atoms with van der Waals surface area (Å²) >= 11 is 1.31. The van der Waals surface area contributed by atoms with Crippen molar-refractivity contribution in [3.05, 3.63) is 77.6 Å². The zero-order valence-corrected chi connectivity index (χ0v) is 16.6. The molecule has 6 nitrogen and oxygen atoms in total. The Balaban J connectivity index is 1.53. The Morgan fingerprint density at radius 1 is 1.07 bits per heavy atom. The van der Waals surface area contributed by atoms with Crippen molar-refractivity contribution in [2.24, 2.45) is 0 Å². The molecule has 0 aliphatic rings. The predicted molar refractivity (Wildman–Crippen MR) is 110 cm³/mol. The number of nitrogens with one attached hydrogen (secondary N) is 2. The van der Waals surface area contributed by atoms with Crippen LogP contribution in [0.25, 0.3) is 5.69 Å². The third kappa shape index (κ3) is 4.80. The van der Waals surface area contributed by atoms with Gasteiger partial charge in [-0.3, -0.25) is 25.0 Å². The highest BCUT2D eigenvalue weighted by Crippen LogP contribution is 2.22. The Bertz CT molecular complexity index is 967. The second-order valence-electron chi connectivity index (χ2n) is 6.21. The van der Waals surface area contributed by atoms with Crippen LogP contribution in [0.3, 0.4) is 0 Å². The molecule has 0 spiro atoms. The molecule has 0 saturated heterocycles. The van der Waals surface area contributed by atoms with E-state index in [1.807, 2.05) is 54.1 Å². The molecule has 0 fully saturated rings. The number of thioether (sulfide) groups is 1. The van der Waals surface area contributed by atoms with Crippen LogP contribution in [0.2, 0.25) is 0 Å². The minimum atomic E-state index is -0.345. The highest BCUT2D eigenvalue weighted by atomic mass is 32.2. The van der Waals surface area contributed by atoms with Gasteiger partial charge in [0, 0.05) is 18.0 Å². The van der Waals surface area contributed by atoms with E-state index in [0.29, 0.717) is 10.7 Å². The first-order chi connectivity index (χ1) is 13.6. The Morgan fingerprint density at radius 3 is 2.54 bits per heavy atom. The summed E-state index contributed by atoms with van der Waals surface area (Å²) in [4.78, 5) is 28.5. The number of benzene rings is 2. The number of carbonyl (C=O) groups is 2. The van der Waals surface area contributed by atoms with Gasteiger partial charge < -0.3 is 0 Å². The van der Waals surface area contributed by atoms with Crippen LogP contribution in [-0.4, -0.2) is 27.1 Å². The van der Waals surface area contributed by atoms with Crippen molar-refractivity contribution in [3.8, 4) is 5.69 Å². The van der Waals surface area contributed by atoms with Crippen molar-refractivity contribution in [2.45, 2.75) is 25.4 Å². The fourth-order valence-electron chi connectivity index (χ4n) is 2.67. The summed E-state index contributed by atoms with van der Waals surface area (Å²) in [6, 6.07) is 15.3. The van der Waals surface area contributed by atoms with Crippen LogP contribution in [0, 0.1) is 6.92 Å². The van der Waals surface area contributed by atoms with E-state index in [0.717, 1.165) is 23.2 Å². The van der Waals surface area contributed by atoms with Gasteiger partial charge >= 0.3 is 0 Å². The Kier molecular flexibility index (Phi) is 6.49. The summed E-state index contributed by atoms with van der Waals surface area (Å²) in [6.45, 7) is 4.08. The zero-order chi connectivity index (χ0) is 19.9. The fourth-order valence-corrected chi connectivity index (χ4v) is 3.44. The molecule has 28 heavy (non-hydrogen) atoms. The molecule has 0 bridgehead atoms. The molecular weight excluding hydrogens is 372 g/mol. The lowest BCUT2D eigenvalue weighted by molar-refractivity contribution is -0.119. The van der Waals surface area contributed by atoms with Gasteiger partial charge in [-0.15, -0.1) is 0 Å². The minimum Gasteiger partial charge on any atom is -0.295 e. The van der Waals surface area contributed by atoms with E-state index < -0.39 is 0 Å². The van der Waals surface area contributed by atoms with Gasteiger partial charge in [0.1, 0.15) is 0 Å². The lowest BCUT2D eigenvalue weighted by atomic mass is 10.1. The standard InChI is InChI=1S/C21H22N4O2S/c1-3-16-8-10-17(11-9-16)20(27)24-23-19(26)14-28-21-22-12-13-25(21)18-7-5-4-6-15(18)2/h4-13H,3,14H2,1-2H3,(H,23,26)(H,24,27). The largest absolute Gasteiger partial charge is 0.295 e. The SMILES string of the molecule is CCc1ccc(C(=O)NNC(=O)CSc2nccn2-c2ccccc2C)cc1. The van der Waals surface area contributed by atoms with E-state index in [2.05, 4.69) is 22.8 Å². The van der Waals surface area contributed by atoms with Gasteiger partial charge in [-0.2, -0.15) is 0 Å². The fraction of sp³-hybridized carbons (Fsp3) is 0.190. The predicted octanol–water partition coefficient (Wildman–Crippen LogP) is 3.30. The molecule has 3 rings (SSSR count). The summed E-state index contributed by atoms with van der Waals surface area (Å²) in [7, 11) is 0. The van der Waals surface area contributed by atoms with Crippen molar-refractivity contribution in [1.29, 1.82) is 0 Å². The van der Waals surface area contributed by atoms with Crippen LogP contribution in [0.15, 0.2) is 66.1 Å². The van der Waals surface area contributed by atoms with Crippen molar-refractivity contribution in [2.75, 3.05) is 5.75 Å². The van der Waals surface area contributed by atoms with Crippen LogP contribution in [0.5, 0.6) is 0 Å². The smallest absolute Gasteiger partial charge is 0.269 e. The highest BCUT2D eigenvalue weighted by molar-refractivity contribution is 7.99. The summed E-state index contributed by atoms with van der Waals surface area (Å²) in [5.74, 6) is -0.511. The molecule has 1 heterocycles. The van der Waals surface area contributed by atoms with E-state index in [1.165, 1.54) is 11.8 Å². The van der Waals surface area contributed by atoms with Gasteiger partial charge in [-0.05, 0) is 42.7 Å². The lowest BCUT2D eigenvalue weighted by Crippen LogP contribution is -2.42. The van der Waals surface area contributed by atoms with Gasteiger partial charge in [0.2, 0.25) is 5.91 Å². The first-order valence-corrected chi connectivity index (χ1v) is 9.97. The summed E-state index contributed by atoms with van der Waals surface area (Å²) < 4.78 is 1.95. The molecule has 144 valence electrons. The highest BCUT2D eigenvalue weighted by Gasteiger charge is 2.11. The summed E-state index contributed by atoms with van der Waals surface area (Å²) in [5, 5.41) is 0.714. The van der Waals surface area contributed by atoms with Crippen molar-refractivity contribution >= 4 is 23.6 Å². The monoisotopic (exact) mass is 394 g/mol. The number of imidazole rings is 1. The van der Waals surface area contributed by atoms with E-state index in [1.54, 1.807) is 18.3 Å². The average Bonchev–Trinajstić information content (AvgIpc) is 3.19. The van der Waals surface area contributed by atoms with Crippen LogP contribution in [-0.2, 0) is 11.2 Å². The number of amides is 2. The molecule has 2 aromatic carbocycles. The third-order valence-electron chi connectivity index (χ3n) is 4.25. The number of hydrazine groups is 1. The summed E-state index contributed by atoms with van der Waals surface area (Å²) in [5.41, 5.74) is 8.68. The van der Waals surface area contributed by atoms with E-state index in [4.69, 9.17) is 0 Å². The molecule has 2 amide bonds. The number of carbonyl (C=O) groups excluding carboxylic acids is 2. The van der Waals surface area contributed by atoms with Crippen molar-refractivity contribution < 1.29 is 9.59 Å². The number of hydrogen-bond donors (Lipinski definition) is 2. The number of rotatable bonds is 6. The van der Waals surface area contributed by atoms with E-state index in [-0.39, 0.29) is 17.6 Å². The molecular formula is C21H22N4O2S. The van der Waals surface area contributed by atoms with Crippen LogP contribution < -0.4 is 10.9 Å². The van der Waals surface area contributed by atoms with Crippen LogP contribution >= 0.6 is 11.8 Å². The van der Waals surface area contributed by atoms with Crippen molar-refractivity contribution in [3.63, 3.8) is 0 Å². The lowest BCUT2D eigenvalue weighted by Gasteiger charge is -2.10. The second kappa shape index (κ2) is 9.23.